The van der Waals surface area contributed by atoms with Gasteiger partial charge in [-0.1, -0.05) is 184 Å². The zero-order valence-electron chi connectivity index (χ0n) is 35.3. The van der Waals surface area contributed by atoms with Gasteiger partial charge in [-0.05, 0) is 59.1 Å². The van der Waals surface area contributed by atoms with Crippen LogP contribution in [0.5, 0.6) is 23.0 Å². The molecule has 0 saturated heterocycles. The second kappa shape index (κ2) is 31.4. The van der Waals surface area contributed by atoms with Crippen molar-refractivity contribution in [3.63, 3.8) is 0 Å². The van der Waals surface area contributed by atoms with Gasteiger partial charge in [0.2, 0.25) is 14.7 Å². The van der Waals surface area contributed by atoms with Gasteiger partial charge in [0.1, 0.15) is 28.9 Å². The van der Waals surface area contributed by atoms with Crippen LogP contribution in [0.4, 0.5) is 0 Å². The second-order valence-corrected chi connectivity index (χ2v) is 14.0. The van der Waals surface area contributed by atoms with Crippen molar-refractivity contribution in [1.82, 2.24) is 0 Å². The fraction of sp³-hybridized carbons (Fsp3) is 0.422. The summed E-state index contributed by atoms with van der Waals surface area (Å²) in [7, 11) is -5.61. The van der Waals surface area contributed by atoms with E-state index in [2.05, 4.69) is 36.9 Å². The molecule has 0 spiro atoms. The lowest BCUT2D eigenvalue weighted by Crippen LogP contribution is -2.16. The van der Waals surface area contributed by atoms with Gasteiger partial charge >= 0.3 is 0 Å². The monoisotopic (exact) mass is 741 g/mol. The zero-order chi connectivity index (χ0) is 39.9. The summed E-state index contributed by atoms with van der Waals surface area (Å²) in [5.74, 6) is 3.45. The van der Waals surface area contributed by atoms with Gasteiger partial charge in [-0.2, -0.15) is 0 Å². The molecule has 2 aliphatic rings. The van der Waals surface area contributed by atoms with Gasteiger partial charge in [0.25, 0.3) is 0 Å². The standard InChI is InChI=1S/C29H26O4P2.8C2H6/c1-34(30-26-15-7-3-11-22(26)19-23-12-4-8-16-27(23)31-34)21-35(2)32-28-17-9-5-13-24(28)20-25-14-6-10-18-29(25)33-35;8*1-2/h3-18H,1-2,19-21H2;8*1-2H3. The van der Waals surface area contributed by atoms with Gasteiger partial charge < -0.3 is 18.1 Å². The molecule has 4 aromatic carbocycles. The third kappa shape index (κ3) is 16.7. The molecule has 0 unspecified atom stereocenters. The van der Waals surface area contributed by atoms with E-state index in [0.29, 0.717) is 5.90 Å². The predicted octanol–water partition coefficient (Wildman–Crippen LogP) is 15.8. The fourth-order valence-electron chi connectivity index (χ4n) is 4.56. The van der Waals surface area contributed by atoms with E-state index >= 15 is 0 Å². The number of para-hydroxylation sites is 4. The molecular formula is C45H74O4P2. The Morgan fingerprint density at radius 3 is 0.725 bits per heavy atom. The highest BCUT2D eigenvalue weighted by Gasteiger charge is 2.36. The summed E-state index contributed by atoms with van der Waals surface area (Å²) >= 11 is 0. The van der Waals surface area contributed by atoms with Crippen molar-refractivity contribution in [2.24, 2.45) is 0 Å². The minimum atomic E-state index is -2.80. The topological polar surface area (TPSA) is 36.9 Å². The lowest BCUT2D eigenvalue weighted by Gasteiger charge is -2.36. The third-order valence-corrected chi connectivity index (χ3v) is 11.7. The van der Waals surface area contributed by atoms with Crippen molar-refractivity contribution in [2.45, 2.75) is 124 Å². The number of fused-ring (bicyclic) bond motifs is 4. The first kappa shape index (κ1) is 52.0. The molecule has 0 fully saturated rings. The van der Waals surface area contributed by atoms with Gasteiger partial charge in [-0.3, -0.25) is 0 Å². The molecule has 0 saturated carbocycles. The van der Waals surface area contributed by atoms with Crippen molar-refractivity contribution in [3.8, 4) is 23.0 Å². The van der Waals surface area contributed by atoms with Crippen LogP contribution in [0.3, 0.4) is 0 Å². The predicted molar refractivity (Wildman–Crippen MR) is 238 cm³/mol. The molecule has 0 aliphatic carbocycles. The first-order valence-corrected chi connectivity index (χ1v) is 23.5. The largest absolute Gasteiger partial charge is 0.443 e. The van der Waals surface area contributed by atoms with Crippen LogP contribution in [0.1, 0.15) is 133 Å². The molecule has 288 valence electrons. The summed E-state index contributed by atoms with van der Waals surface area (Å²) in [5.41, 5.74) is 4.40. The molecule has 6 heteroatoms. The average Bonchev–Trinajstić information content (AvgIpc) is 3.19. The minimum absolute atomic E-state index is 0.325. The number of hydrogen-bond acceptors (Lipinski definition) is 4. The van der Waals surface area contributed by atoms with E-state index in [-0.39, 0.29) is 0 Å². The smallest absolute Gasteiger partial charge is 0.225 e. The van der Waals surface area contributed by atoms with Crippen LogP contribution >= 0.6 is 14.7 Å². The SMILES string of the molecule is C=P1(CP2(=C)Oc3ccccc3Cc3ccccc3O2)Oc2ccccc2Cc2ccccc2O1.CC.CC.CC.CC.CC.CC.CC.CC. The van der Waals surface area contributed by atoms with Gasteiger partial charge in [0.15, 0.2) is 0 Å². The first-order valence-electron chi connectivity index (χ1n) is 19.5. The van der Waals surface area contributed by atoms with Crippen LogP contribution in [0, 0.1) is 0 Å². The highest BCUT2D eigenvalue weighted by molar-refractivity contribution is 7.81. The number of hydrogen-bond donors (Lipinski definition) is 0. The van der Waals surface area contributed by atoms with Crippen LogP contribution in [-0.2, 0) is 12.8 Å². The Hall–Kier alpha value is -3.32. The first-order chi connectivity index (χ1) is 25.0. The van der Waals surface area contributed by atoms with E-state index in [1.165, 1.54) is 0 Å². The number of benzene rings is 4. The van der Waals surface area contributed by atoms with E-state index in [0.717, 1.165) is 58.1 Å². The van der Waals surface area contributed by atoms with Crippen molar-refractivity contribution < 1.29 is 18.1 Å². The maximum absolute atomic E-state index is 6.60. The molecule has 0 atom stereocenters. The fourth-order valence-corrected chi connectivity index (χ4v) is 10.3. The average molecular weight is 741 g/mol. The summed E-state index contributed by atoms with van der Waals surface area (Å²) in [6.45, 7) is 32.0. The maximum Gasteiger partial charge on any atom is 0.225 e. The van der Waals surface area contributed by atoms with Gasteiger partial charge in [0.05, 0.1) is 0 Å². The Bertz CT molecular complexity index is 1300. The van der Waals surface area contributed by atoms with Crippen molar-refractivity contribution in [1.29, 1.82) is 0 Å². The lowest BCUT2D eigenvalue weighted by atomic mass is 10.0. The van der Waals surface area contributed by atoms with E-state index < -0.39 is 14.7 Å². The molecular weight excluding hydrogens is 666 g/mol. The van der Waals surface area contributed by atoms with Crippen molar-refractivity contribution in [2.75, 3.05) is 5.90 Å². The van der Waals surface area contributed by atoms with Crippen LogP contribution in [-0.4, -0.2) is 18.5 Å². The minimum Gasteiger partial charge on any atom is -0.443 e. The normalized spacial score (nSPS) is 12.5. The molecule has 4 aromatic rings. The Morgan fingerprint density at radius 1 is 0.353 bits per heavy atom. The lowest BCUT2D eigenvalue weighted by molar-refractivity contribution is 0.458. The molecule has 0 radical (unpaired) electrons. The van der Waals surface area contributed by atoms with Crippen LogP contribution in [0.25, 0.3) is 0 Å². The highest BCUT2D eigenvalue weighted by Crippen LogP contribution is 2.64. The quantitative estimate of drug-likeness (QED) is 0.192. The maximum atomic E-state index is 6.60. The van der Waals surface area contributed by atoms with E-state index in [9.17, 15) is 0 Å². The molecule has 0 N–H and O–H groups in total. The molecule has 6 rings (SSSR count). The van der Waals surface area contributed by atoms with Gasteiger partial charge in [-0.15, -0.1) is 0 Å². The van der Waals surface area contributed by atoms with Gasteiger partial charge in [-0.25, -0.2) is 0 Å². The Morgan fingerprint density at radius 2 is 0.529 bits per heavy atom. The number of rotatable bonds is 2. The van der Waals surface area contributed by atoms with Crippen LogP contribution in [0.2, 0.25) is 0 Å². The Kier molecular flexibility index (Phi) is 32.1. The second-order valence-electron chi connectivity index (χ2n) is 8.92. The summed E-state index contributed by atoms with van der Waals surface area (Å²) in [5, 5.41) is 0. The zero-order valence-corrected chi connectivity index (χ0v) is 37.1. The van der Waals surface area contributed by atoms with Crippen LogP contribution < -0.4 is 18.1 Å². The molecule has 0 amide bonds. The summed E-state index contributed by atoms with van der Waals surface area (Å²) in [6, 6.07) is 32.3. The van der Waals surface area contributed by atoms with E-state index in [1.807, 2.05) is 184 Å². The van der Waals surface area contributed by atoms with Crippen molar-refractivity contribution >= 4 is 27.3 Å². The molecule has 2 heterocycles. The molecule has 2 aliphatic heterocycles. The van der Waals surface area contributed by atoms with Crippen molar-refractivity contribution in [3.05, 3.63) is 119 Å². The highest BCUT2D eigenvalue weighted by atomic mass is 31.2. The molecule has 0 aromatic heterocycles. The Balaban J connectivity index is -0.00000128. The molecule has 51 heavy (non-hydrogen) atoms. The van der Waals surface area contributed by atoms with Crippen LogP contribution in [0.15, 0.2) is 97.1 Å². The summed E-state index contributed by atoms with van der Waals surface area (Å²) in [6.07, 6.45) is 10.5. The van der Waals surface area contributed by atoms with E-state index in [1.54, 1.807) is 0 Å². The molecule has 0 bridgehead atoms. The summed E-state index contributed by atoms with van der Waals surface area (Å²) < 4.78 is 26.4. The van der Waals surface area contributed by atoms with E-state index in [4.69, 9.17) is 18.1 Å². The summed E-state index contributed by atoms with van der Waals surface area (Å²) in [4.78, 5) is 0. The third-order valence-electron chi connectivity index (χ3n) is 6.14. The Labute approximate surface area is 316 Å². The van der Waals surface area contributed by atoms with Gasteiger partial charge in [0, 0.05) is 12.8 Å². The molecule has 4 nitrogen and oxygen atoms in total.